The van der Waals surface area contributed by atoms with Crippen LogP contribution in [-0.2, 0) is 9.53 Å². The first-order valence-electron chi connectivity index (χ1n) is 5.59. The zero-order valence-electron chi connectivity index (χ0n) is 9.45. The molecule has 2 N–H and O–H groups in total. The van der Waals surface area contributed by atoms with E-state index >= 15 is 0 Å². The standard InChI is InChI=1S/C10H21N3O2/c1-2-3-10(14)13(11)5-4-12-6-8-15-9-7-12/h2-9,11H2,1H3. The van der Waals surface area contributed by atoms with Gasteiger partial charge in [0.2, 0.25) is 5.91 Å². The molecular weight excluding hydrogens is 194 g/mol. The molecule has 0 aliphatic carbocycles. The second-order valence-corrected chi connectivity index (χ2v) is 3.79. The summed E-state index contributed by atoms with van der Waals surface area (Å²) >= 11 is 0. The molecule has 0 spiro atoms. The van der Waals surface area contributed by atoms with E-state index in [-0.39, 0.29) is 5.91 Å². The maximum Gasteiger partial charge on any atom is 0.236 e. The molecule has 1 heterocycles. The molecule has 1 aliphatic rings. The lowest BCUT2D eigenvalue weighted by atomic mass is 10.3. The van der Waals surface area contributed by atoms with Crippen molar-refractivity contribution in [3.05, 3.63) is 0 Å². The molecule has 1 rings (SSSR count). The zero-order chi connectivity index (χ0) is 11.1. The van der Waals surface area contributed by atoms with Crippen LogP contribution in [0.2, 0.25) is 0 Å². The normalized spacial score (nSPS) is 17.7. The molecule has 0 aromatic heterocycles. The van der Waals surface area contributed by atoms with Gasteiger partial charge >= 0.3 is 0 Å². The van der Waals surface area contributed by atoms with Crippen LogP contribution >= 0.6 is 0 Å². The molecular formula is C10H21N3O2. The zero-order valence-corrected chi connectivity index (χ0v) is 9.45. The summed E-state index contributed by atoms with van der Waals surface area (Å²) in [6.45, 7) is 6.88. The topological polar surface area (TPSA) is 58.8 Å². The van der Waals surface area contributed by atoms with E-state index in [9.17, 15) is 4.79 Å². The minimum absolute atomic E-state index is 0.0331. The highest BCUT2D eigenvalue weighted by atomic mass is 16.5. The molecule has 0 atom stereocenters. The lowest BCUT2D eigenvalue weighted by Gasteiger charge is -2.28. The average molecular weight is 215 g/mol. The first-order chi connectivity index (χ1) is 7.24. The number of hydrogen-bond donors (Lipinski definition) is 1. The van der Waals surface area contributed by atoms with E-state index in [1.807, 2.05) is 6.92 Å². The Bertz CT molecular complexity index is 193. The van der Waals surface area contributed by atoms with Crippen LogP contribution in [0.15, 0.2) is 0 Å². The minimum Gasteiger partial charge on any atom is -0.379 e. The number of carbonyl (C=O) groups is 1. The first kappa shape index (κ1) is 12.4. The minimum atomic E-state index is 0.0331. The molecule has 1 saturated heterocycles. The quantitative estimate of drug-likeness (QED) is 0.393. The number of amides is 1. The first-order valence-corrected chi connectivity index (χ1v) is 5.59. The Balaban J connectivity index is 2.14. The van der Waals surface area contributed by atoms with E-state index < -0.39 is 0 Å². The van der Waals surface area contributed by atoms with Crippen molar-refractivity contribution in [3.8, 4) is 0 Å². The number of hydrogen-bond acceptors (Lipinski definition) is 4. The summed E-state index contributed by atoms with van der Waals surface area (Å²) in [5.74, 6) is 5.68. The van der Waals surface area contributed by atoms with Crippen molar-refractivity contribution in [2.45, 2.75) is 19.8 Å². The fourth-order valence-corrected chi connectivity index (χ4v) is 1.56. The number of rotatable bonds is 5. The Hall–Kier alpha value is -0.650. The maximum absolute atomic E-state index is 11.4. The van der Waals surface area contributed by atoms with Crippen molar-refractivity contribution < 1.29 is 9.53 Å². The van der Waals surface area contributed by atoms with Crippen molar-refractivity contribution >= 4 is 5.91 Å². The fraction of sp³-hybridized carbons (Fsp3) is 0.900. The molecule has 5 heteroatoms. The van der Waals surface area contributed by atoms with Crippen LogP contribution in [0.4, 0.5) is 0 Å². The van der Waals surface area contributed by atoms with Gasteiger partial charge in [-0.05, 0) is 6.42 Å². The van der Waals surface area contributed by atoms with Gasteiger partial charge in [0.25, 0.3) is 0 Å². The highest BCUT2D eigenvalue weighted by molar-refractivity contribution is 5.75. The van der Waals surface area contributed by atoms with Gasteiger partial charge in [-0.2, -0.15) is 0 Å². The van der Waals surface area contributed by atoms with Gasteiger partial charge in [-0.1, -0.05) is 6.92 Å². The van der Waals surface area contributed by atoms with Gasteiger partial charge in [-0.25, -0.2) is 5.84 Å². The highest BCUT2D eigenvalue weighted by Gasteiger charge is 2.13. The van der Waals surface area contributed by atoms with Gasteiger partial charge in [0, 0.05) is 32.6 Å². The third-order valence-electron chi connectivity index (χ3n) is 2.55. The molecule has 5 nitrogen and oxygen atoms in total. The van der Waals surface area contributed by atoms with Gasteiger partial charge in [-0.3, -0.25) is 14.7 Å². The van der Waals surface area contributed by atoms with Gasteiger partial charge in [0.15, 0.2) is 0 Å². The summed E-state index contributed by atoms with van der Waals surface area (Å²) in [4.78, 5) is 13.6. The maximum atomic E-state index is 11.4. The average Bonchev–Trinajstić information content (AvgIpc) is 2.27. The second kappa shape index (κ2) is 6.76. The summed E-state index contributed by atoms with van der Waals surface area (Å²) in [5.41, 5.74) is 0. The third-order valence-corrected chi connectivity index (χ3v) is 2.55. The van der Waals surface area contributed by atoms with E-state index in [4.69, 9.17) is 10.6 Å². The smallest absolute Gasteiger partial charge is 0.236 e. The largest absolute Gasteiger partial charge is 0.379 e. The van der Waals surface area contributed by atoms with E-state index in [1.54, 1.807) is 0 Å². The van der Waals surface area contributed by atoms with Crippen LogP contribution in [0, 0.1) is 0 Å². The Morgan fingerprint density at radius 2 is 2.13 bits per heavy atom. The van der Waals surface area contributed by atoms with Crippen LogP contribution in [0.1, 0.15) is 19.8 Å². The predicted molar refractivity (Wildman–Crippen MR) is 58.1 cm³/mol. The lowest BCUT2D eigenvalue weighted by Crippen LogP contribution is -2.45. The number of morpholine rings is 1. The Kier molecular flexibility index (Phi) is 5.60. The van der Waals surface area contributed by atoms with Crippen LogP contribution in [0.3, 0.4) is 0 Å². The summed E-state index contributed by atoms with van der Waals surface area (Å²) < 4.78 is 5.24. The van der Waals surface area contributed by atoms with Crippen LogP contribution in [0.5, 0.6) is 0 Å². The monoisotopic (exact) mass is 215 g/mol. The lowest BCUT2D eigenvalue weighted by molar-refractivity contribution is -0.131. The van der Waals surface area contributed by atoms with Gasteiger partial charge in [-0.15, -0.1) is 0 Å². The van der Waals surface area contributed by atoms with E-state index in [0.717, 1.165) is 39.3 Å². The molecule has 0 aromatic carbocycles. The number of ether oxygens (including phenoxy) is 1. The Morgan fingerprint density at radius 3 is 2.73 bits per heavy atom. The van der Waals surface area contributed by atoms with Crippen molar-refractivity contribution in [2.24, 2.45) is 5.84 Å². The van der Waals surface area contributed by atoms with Crippen LogP contribution in [0.25, 0.3) is 0 Å². The SMILES string of the molecule is CCCC(=O)N(N)CCN1CCOCC1. The molecule has 1 amide bonds. The Labute approximate surface area is 91.1 Å². The summed E-state index contributed by atoms with van der Waals surface area (Å²) in [6, 6.07) is 0. The predicted octanol–water partition coefficient (Wildman–Crippen LogP) is -0.179. The van der Waals surface area contributed by atoms with Crippen LogP contribution < -0.4 is 5.84 Å². The second-order valence-electron chi connectivity index (χ2n) is 3.79. The Morgan fingerprint density at radius 1 is 1.47 bits per heavy atom. The van der Waals surface area contributed by atoms with Gasteiger partial charge in [0.05, 0.1) is 13.2 Å². The number of nitrogens with two attached hydrogens (primary N) is 1. The number of hydrazine groups is 1. The molecule has 88 valence electrons. The number of nitrogens with zero attached hydrogens (tertiary/aromatic N) is 2. The molecule has 0 aromatic rings. The van der Waals surface area contributed by atoms with Gasteiger partial charge < -0.3 is 4.74 Å². The fourth-order valence-electron chi connectivity index (χ4n) is 1.56. The van der Waals surface area contributed by atoms with Crippen molar-refractivity contribution in [2.75, 3.05) is 39.4 Å². The summed E-state index contributed by atoms with van der Waals surface area (Å²) in [6.07, 6.45) is 1.39. The summed E-state index contributed by atoms with van der Waals surface area (Å²) in [7, 11) is 0. The van der Waals surface area contributed by atoms with Crippen molar-refractivity contribution in [1.82, 2.24) is 9.91 Å². The van der Waals surface area contributed by atoms with Gasteiger partial charge in [0.1, 0.15) is 0 Å². The molecule has 0 saturated carbocycles. The van der Waals surface area contributed by atoms with Crippen LogP contribution in [-0.4, -0.2) is 55.2 Å². The van der Waals surface area contributed by atoms with E-state index in [2.05, 4.69) is 4.90 Å². The summed E-state index contributed by atoms with van der Waals surface area (Å²) in [5, 5.41) is 1.33. The molecule has 0 unspecified atom stereocenters. The van der Waals surface area contributed by atoms with Crippen molar-refractivity contribution in [3.63, 3.8) is 0 Å². The van der Waals surface area contributed by atoms with Crippen molar-refractivity contribution in [1.29, 1.82) is 0 Å². The molecule has 1 aliphatic heterocycles. The third kappa shape index (κ3) is 4.59. The van der Waals surface area contributed by atoms with E-state index in [0.29, 0.717) is 13.0 Å². The molecule has 0 bridgehead atoms. The highest BCUT2D eigenvalue weighted by Crippen LogP contribution is 1.97. The molecule has 0 radical (unpaired) electrons. The van der Waals surface area contributed by atoms with E-state index in [1.165, 1.54) is 5.01 Å². The molecule has 15 heavy (non-hydrogen) atoms. The molecule has 1 fully saturated rings. The number of carbonyl (C=O) groups excluding carboxylic acids is 1.